The van der Waals surface area contributed by atoms with E-state index in [4.69, 9.17) is 0 Å². The van der Waals surface area contributed by atoms with Crippen LogP contribution in [0.3, 0.4) is 0 Å². The highest BCUT2D eigenvalue weighted by atomic mass is 32.1. The molecule has 0 unspecified atom stereocenters. The third kappa shape index (κ3) is 3.33. The molecule has 0 radical (unpaired) electrons. The zero-order valence-corrected chi connectivity index (χ0v) is 13.8. The second-order valence-corrected chi connectivity index (χ2v) is 6.11. The number of rotatable bonds is 3. The molecule has 0 atom stereocenters. The number of nitrogens with zero attached hydrogens (tertiary/aromatic N) is 3. The van der Waals surface area contributed by atoms with Crippen LogP contribution in [0.1, 0.15) is 5.69 Å². The molecule has 0 aliphatic heterocycles. The van der Waals surface area contributed by atoms with E-state index in [9.17, 15) is 38.7 Å². The molecule has 0 aliphatic rings. The van der Waals surface area contributed by atoms with Gasteiger partial charge in [-0.3, -0.25) is 10.1 Å². The zero-order valence-electron chi connectivity index (χ0n) is 13.0. The number of pyridine rings is 1. The van der Waals surface area contributed by atoms with E-state index in [-0.39, 0.29) is 21.0 Å². The summed E-state index contributed by atoms with van der Waals surface area (Å²) < 4.78 is 39.2. The molecule has 8 nitrogen and oxygen atoms in total. The van der Waals surface area contributed by atoms with E-state index in [2.05, 4.69) is 4.98 Å². The van der Waals surface area contributed by atoms with E-state index < -0.39 is 39.5 Å². The summed E-state index contributed by atoms with van der Waals surface area (Å²) in [6.07, 6.45) is -4.21. The number of hydrogen-bond acceptors (Lipinski definition) is 7. The van der Waals surface area contributed by atoms with Crippen LogP contribution in [0.25, 0.3) is 21.8 Å². The number of alkyl halides is 3. The maximum atomic E-state index is 13.2. The standard InChI is InChI=1S/C15H8F3N3O5S/c16-15(17,18)13-8(2-1-3-20(13)24)14-19-9(6-27-14)7-4-10(21(25)26)12(23)11(22)5-7/h1-6,22-23H. The van der Waals surface area contributed by atoms with Crippen molar-refractivity contribution in [3.05, 3.63) is 56.9 Å². The zero-order chi connectivity index (χ0) is 19.9. The predicted molar refractivity (Wildman–Crippen MR) is 86.9 cm³/mol. The number of aromatic nitrogens is 2. The normalized spacial score (nSPS) is 11.5. The van der Waals surface area contributed by atoms with Gasteiger partial charge in [0.2, 0.25) is 5.75 Å². The number of nitro benzene ring substituents is 1. The summed E-state index contributed by atoms with van der Waals surface area (Å²) in [5.74, 6) is -1.71. The van der Waals surface area contributed by atoms with Crippen LogP contribution in [0.5, 0.6) is 11.5 Å². The van der Waals surface area contributed by atoms with Crippen molar-refractivity contribution in [3.8, 4) is 33.3 Å². The minimum Gasteiger partial charge on any atom is -0.618 e. The summed E-state index contributed by atoms with van der Waals surface area (Å²) in [6.45, 7) is 0. The fourth-order valence-corrected chi connectivity index (χ4v) is 3.22. The molecule has 0 bridgehead atoms. The maximum absolute atomic E-state index is 13.2. The summed E-state index contributed by atoms with van der Waals surface area (Å²) >= 11 is 0.783. The molecule has 0 aliphatic carbocycles. The Labute approximate surface area is 152 Å². The van der Waals surface area contributed by atoms with Crippen LogP contribution in [-0.2, 0) is 6.18 Å². The number of phenols is 2. The van der Waals surface area contributed by atoms with Crippen LogP contribution in [0.15, 0.2) is 35.8 Å². The third-order valence-electron chi connectivity index (χ3n) is 3.53. The van der Waals surface area contributed by atoms with E-state index in [1.807, 2.05) is 0 Å². The third-order valence-corrected chi connectivity index (χ3v) is 4.40. The number of nitro groups is 1. The van der Waals surface area contributed by atoms with Crippen molar-refractivity contribution in [3.63, 3.8) is 0 Å². The first-order chi connectivity index (χ1) is 12.6. The van der Waals surface area contributed by atoms with Gasteiger partial charge < -0.3 is 15.4 Å². The highest BCUT2D eigenvalue weighted by molar-refractivity contribution is 7.13. The van der Waals surface area contributed by atoms with Gasteiger partial charge >= 0.3 is 17.6 Å². The summed E-state index contributed by atoms with van der Waals surface area (Å²) in [6, 6.07) is 4.13. The molecule has 12 heteroatoms. The Balaban J connectivity index is 2.13. The van der Waals surface area contributed by atoms with Crippen molar-refractivity contribution < 1.29 is 33.0 Å². The highest BCUT2D eigenvalue weighted by Crippen LogP contribution is 2.41. The van der Waals surface area contributed by atoms with Crippen LogP contribution < -0.4 is 4.73 Å². The molecule has 1 aromatic carbocycles. The van der Waals surface area contributed by atoms with E-state index >= 15 is 0 Å². The molecule has 0 fully saturated rings. The van der Waals surface area contributed by atoms with Gasteiger partial charge in [0.15, 0.2) is 11.9 Å². The Morgan fingerprint density at radius 1 is 1.26 bits per heavy atom. The molecular weight excluding hydrogens is 391 g/mol. The summed E-state index contributed by atoms with van der Waals surface area (Å²) in [4.78, 5) is 14.0. The van der Waals surface area contributed by atoms with Crippen LogP contribution in [-0.4, -0.2) is 20.1 Å². The van der Waals surface area contributed by atoms with Gasteiger partial charge in [-0.2, -0.15) is 17.9 Å². The van der Waals surface area contributed by atoms with Crippen LogP contribution in [0.2, 0.25) is 0 Å². The molecule has 2 aromatic heterocycles. The number of thiazole rings is 1. The Morgan fingerprint density at radius 3 is 2.59 bits per heavy atom. The van der Waals surface area contributed by atoms with Gasteiger partial charge in [0, 0.05) is 23.1 Å². The Bertz CT molecular complexity index is 1050. The fourth-order valence-electron chi connectivity index (χ4n) is 2.36. The molecule has 0 saturated heterocycles. The summed E-state index contributed by atoms with van der Waals surface area (Å²) in [5, 5.41) is 42.8. The van der Waals surface area contributed by atoms with Crippen molar-refractivity contribution in [2.24, 2.45) is 0 Å². The molecule has 3 rings (SSSR count). The lowest BCUT2D eigenvalue weighted by molar-refractivity contribution is -0.628. The van der Waals surface area contributed by atoms with Gasteiger partial charge in [-0.05, 0) is 12.1 Å². The molecule has 2 heterocycles. The Kier molecular flexibility index (Phi) is 4.35. The largest absolute Gasteiger partial charge is 0.618 e. The number of hydrogen-bond donors (Lipinski definition) is 2. The van der Waals surface area contributed by atoms with Gasteiger partial charge in [-0.25, -0.2) is 4.98 Å². The van der Waals surface area contributed by atoms with Crippen molar-refractivity contribution >= 4 is 17.0 Å². The lowest BCUT2D eigenvalue weighted by Crippen LogP contribution is -2.37. The molecule has 2 N–H and O–H groups in total. The quantitative estimate of drug-likeness (QED) is 0.229. The molecule has 0 spiro atoms. The van der Waals surface area contributed by atoms with E-state index in [1.165, 1.54) is 5.38 Å². The van der Waals surface area contributed by atoms with Gasteiger partial charge in [0.1, 0.15) is 5.01 Å². The van der Waals surface area contributed by atoms with E-state index in [0.29, 0.717) is 6.20 Å². The second-order valence-electron chi connectivity index (χ2n) is 5.25. The first-order valence-corrected chi connectivity index (χ1v) is 7.93. The Hall–Kier alpha value is -3.41. The molecule has 140 valence electrons. The van der Waals surface area contributed by atoms with E-state index in [0.717, 1.165) is 35.6 Å². The fraction of sp³-hybridized carbons (Fsp3) is 0.0667. The molecule has 0 amide bonds. The van der Waals surface area contributed by atoms with Crippen molar-refractivity contribution in [1.29, 1.82) is 0 Å². The first kappa shape index (κ1) is 18.4. The lowest BCUT2D eigenvalue weighted by Gasteiger charge is -2.10. The molecule has 0 saturated carbocycles. The number of benzene rings is 1. The average Bonchev–Trinajstić information content (AvgIpc) is 3.05. The number of halogens is 3. The summed E-state index contributed by atoms with van der Waals surface area (Å²) in [5.41, 5.74) is -2.63. The second kappa shape index (κ2) is 6.39. The smallest absolute Gasteiger partial charge is 0.479 e. The lowest BCUT2D eigenvalue weighted by atomic mass is 10.1. The molecular formula is C15H8F3N3O5S. The van der Waals surface area contributed by atoms with E-state index in [1.54, 1.807) is 0 Å². The van der Waals surface area contributed by atoms with Gasteiger partial charge in [-0.15, -0.1) is 11.3 Å². The predicted octanol–water partition coefficient (Wildman–Crippen LogP) is 3.45. The summed E-state index contributed by atoms with van der Waals surface area (Å²) in [7, 11) is 0. The Morgan fingerprint density at radius 2 is 1.96 bits per heavy atom. The average molecular weight is 399 g/mol. The molecule has 3 aromatic rings. The van der Waals surface area contributed by atoms with Crippen molar-refractivity contribution in [1.82, 2.24) is 4.98 Å². The van der Waals surface area contributed by atoms with Crippen LogP contribution in [0.4, 0.5) is 18.9 Å². The minimum atomic E-state index is -4.92. The van der Waals surface area contributed by atoms with Crippen molar-refractivity contribution in [2.45, 2.75) is 6.18 Å². The molecule has 27 heavy (non-hydrogen) atoms. The van der Waals surface area contributed by atoms with Crippen LogP contribution in [0, 0.1) is 15.3 Å². The maximum Gasteiger partial charge on any atom is 0.479 e. The topological polar surface area (TPSA) is 123 Å². The monoisotopic (exact) mass is 399 g/mol. The SMILES string of the molecule is O=[N+]([O-])c1cc(-c2csc(-c3ccc[n+]([O-])c3C(F)(F)F)n2)cc(O)c1O. The number of phenolic OH excluding ortho intramolecular Hbond substituents is 2. The first-order valence-electron chi connectivity index (χ1n) is 7.05. The van der Waals surface area contributed by atoms with Crippen LogP contribution >= 0.6 is 11.3 Å². The van der Waals surface area contributed by atoms with Gasteiger partial charge in [0.25, 0.3) is 0 Å². The van der Waals surface area contributed by atoms with Gasteiger partial charge in [0.05, 0.1) is 16.2 Å². The highest BCUT2D eigenvalue weighted by Gasteiger charge is 2.43. The van der Waals surface area contributed by atoms with Gasteiger partial charge in [-0.1, -0.05) is 0 Å². The number of aromatic hydroxyl groups is 2. The van der Waals surface area contributed by atoms with Crippen molar-refractivity contribution in [2.75, 3.05) is 0 Å². The minimum absolute atomic E-state index is 0.0130.